The van der Waals surface area contributed by atoms with Crippen LogP contribution < -0.4 is 29.1 Å². The summed E-state index contributed by atoms with van der Waals surface area (Å²) in [6, 6.07) is 18.9. The van der Waals surface area contributed by atoms with Crippen LogP contribution in [0.2, 0.25) is 0 Å². The first-order valence-corrected chi connectivity index (χ1v) is 16.2. The highest BCUT2D eigenvalue weighted by Crippen LogP contribution is 2.36. The maximum Gasteiger partial charge on any atom is 0.338 e. The highest BCUT2D eigenvalue weighted by molar-refractivity contribution is 7.07. The monoisotopic (exact) mass is 642 g/mol. The first kappa shape index (κ1) is 32.6. The van der Waals surface area contributed by atoms with E-state index < -0.39 is 12.0 Å². The number of fused-ring (bicyclic) bond motifs is 1. The topological polar surface area (TPSA) is 109 Å². The molecular formula is C36H38N2O7S. The van der Waals surface area contributed by atoms with Crippen LogP contribution in [0, 0.1) is 0 Å². The maximum absolute atomic E-state index is 14.1. The first-order chi connectivity index (χ1) is 22.3. The number of phenols is 1. The molecule has 1 unspecified atom stereocenters. The number of nitrogens with zero attached hydrogens (tertiary/aromatic N) is 2. The third-order valence-electron chi connectivity index (χ3n) is 7.54. The van der Waals surface area contributed by atoms with E-state index in [4.69, 9.17) is 23.9 Å². The number of phenolic OH excluding ortho intramolecular Hbond substituents is 1. The molecule has 0 saturated heterocycles. The number of unbranched alkanes of at least 4 members (excludes halogenated alkanes) is 2. The van der Waals surface area contributed by atoms with E-state index in [9.17, 15) is 14.7 Å². The van der Waals surface area contributed by atoms with Crippen LogP contribution in [0.3, 0.4) is 0 Å². The van der Waals surface area contributed by atoms with Crippen molar-refractivity contribution in [3.63, 3.8) is 0 Å². The molecule has 0 amide bonds. The fourth-order valence-corrected chi connectivity index (χ4v) is 6.30. The zero-order valence-corrected chi connectivity index (χ0v) is 27.3. The van der Waals surface area contributed by atoms with Crippen molar-refractivity contribution in [1.82, 2.24) is 4.57 Å². The van der Waals surface area contributed by atoms with Crippen molar-refractivity contribution >= 4 is 23.4 Å². The summed E-state index contributed by atoms with van der Waals surface area (Å²) in [5, 5.41) is 10.2. The Morgan fingerprint density at radius 3 is 2.54 bits per heavy atom. The molecule has 0 spiro atoms. The summed E-state index contributed by atoms with van der Waals surface area (Å²) in [5.74, 6) is 0.853. The Morgan fingerprint density at radius 1 is 1.00 bits per heavy atom. The van der Waals surface area contributed by atoms with E-state index in [0.717, 1.165) is 24.8 Å². The van der Waals surface area contributed by atoms with Gasteiger partial charge in [0.05, 0.1) is 42.2 Å². The van der Waals surface area contributed by atoms with Gasteiger partial charge in [-0.3, -0.25) is 9.36 Å². The predicted octanol–water partition coefficient (Wildman–Crippen LogP) is 5.66. The van der Waals surface area contributed by atoms with Gasteiger partial charge < -0.3 is 24.1 Å². The zero-order chi connectivity index (χ0) is 32.6. The molecule has 1 atom stereocenters. The van der Waals surface area contributed by atoms with Gasteiger partial charge in [0.2, 0.25) is 0 Å². The lowest BCUT2D eigenvalue weighted by Crippen LogP contribution is -2.39. The summed E-state index contributed by atoms with van der Waals surface area (Å²) in [6.07, 6.45) is 4.79. The lowest BCUT2D eigenvalue weighted by atomic mass is 9.95. The van der Waals surface area contributed by atoms with Gasteiger partial charge in [-0.05, 0) is 67.3 Å². The quantitative estimate of drug-likeness (QED) is 0.148. The molecule has 1 aliphatic rings. The van der Waals surface area contributed by atoms with Gasteiger partial charge in [-0.2, -0.15) is 0 Å². The summed E-state index contributed by atoms with van der Waals surface area (Å²) >= 11 is 1.22. The van der Waals surface area contributed by atoms with Gasteiger partial charge in [0.15, 0.2) is 27.8 Å². The van der Waals surface area contributed by atoms with Gasteiger partial charge in [-0.1, -0.05) is 73.6 Å². The normalized spacial score (nSPS) is 14.4. The Balaban J connectivity index is 1.60. The van der Waals surface area contributed by atoms with Crippen LogP contribution in [0.5, 0.6) is 23.0 Å². The molecule has 240 valence electrons. The van der Waals surface area contributed by atoms with Gasteiger partial charge in [0.1, 0.15) is 6.61 Å². The molecule has 46 heavy (non-hydrogen) atoms. The summed E-state index contributed by atoms with van der Waals surface area (Å²) in [7, 11) is 1.56. The Labute approximate surface area is 271 Å². The number of allylic oxidation sites excluding steroid dienone is 1. The second-order valence-corrected chi connectivity index (χ2v) is 11.8. The molecule has 0 saturated carbocycles. The van der Waals surface area contributed by atoms with Crippen LogP contribution in [0.25, 0.3) is 6.08 Å². The van der Waals surface area contributed by atoms with Crippen LogP contribution in [0.15, 0.2) is 87.8 Å². The number of hydrogen-bond acceptors (Lipinski definition) is 9. The van der Waals surface area contributed by atoms with Gasteiger partial charge in [-0.25, -0.2) is 9.79 Å². The summed E-state index contributed by atoms with van der Waals surface area (Å²) in [5.41, 5.74) is 2.56. The highest BCUT2D eigenvalue weighted by atomic mass is 32.1. The number of hydrogen-bond donors (Lipinski definition) is 1. The van der Waals surface area contributed by atoms with Gasteiger partial charge in [-0.15, -0.1) is 0 Å². The molecule has 10 heteroatoms. The smallest absolute Gasteiger partial charge is 0.338 e. The zero-order valence-electron chi connectivity index (χ0n) is 26.4. The lowest BCUT2D eigenvalue weighted by Gasteiger charge is -2.25. The van der Waals surface area contributed by atoms with Gasteiger partial charge in [0, 0.05) is 0 Å². The van der Waals surface area contributed by atoms with Crippen molar-refractivity contribution in [2.45, 2.75) is 52.7 Å². The summed E-state index contributed by atoms with van der Waals surface area (Å²) in [6.45, 7) is 6.72. The Hall–Kier alpha value is -4.83. The lowest BCUT2D eigenvalue weighted by molar-refractivity contribution is -0.140. The van der Waals surface area contributed by atoms with Crippen molar-refractivity contribution in [3.8, 4) is 23.0 Å². The van der Waals surface area contributed by atoms with E-state index in [0.29, 0.717) is 56.6 Å². The van der Waals surface area contributed by atoms with Crippen LogP contribution in [0.4, 0.5) is 0 Å². The summed E-state index contributed by atoms with van der Waals surface area (Å²) in [4.78, 5) is 33.1. The predicted molar refractivity (Wildman–Crippen MR) is 177 cm³/mol. The first-order valence-electron chi connectivity index (χ1n) is 15.3. The molecule has 0 aliphatic carbocycles. The number of esters is 1. The molecule has 4 aromatic rings. The van der Waals surface area contributed by atoms with E-state index in [-0.39, 0.29) is 23.5 Å². The number of benzene rings is 3. The SMILES string of the molecule is CCCCCOc1ccc(C2C(C(=O)OCc3ccccc3)=C(C)N=c3s/c(=C\c4ccc(O)c(OCC)c4)c(=O)n32)cc1OC. The van der Waals surface area contributed by atoms with Crippen molar-refractivity contribution < 1.29 is 28.8 Å². The molecule has 1 aromatic heterocycles. The van der Waals surface area contributed by atoms with Crippen molar-refractivity contribution in [2.24, 2.45) is 4.99 Å². The molecule has 0 bridgehead atoms. The van der Waals surface area contributed by atoms with Crippen molar-refractivity contribution in [1.29, 1.82) is 0 Å². The number of aromatic nitrogens is 1. The number of carbonyl (C=O) groups excluding carboxylic acids is 1. The number of rotatable bonds is 13. The van der Waals surface area contributed by atoms with Crippen LogP contribution >= 0.6 is 11.3 Å². The van der Waals surface area contributed by atoms with E-state index in [1.165, 1.54) is 22.0 Å². The fourth-order valence-electron chi connectivity index (χ4n) is 5.25. The third kappa shape index (κ3) is 7.18. The van der Waals surface area contributed by atoms with Crippen molar-refractivity contribution in [3.05, 3.63) is 114 Å². The largest absolute Gasteiger partial charge is 0.504 e. The van der Waals surface area contributed by atoms with Crippen LogP contribution in [-0.4, -0.2) is 36.0 Å². The van der Waals surface area contributed by atoms with E-state index in [1.54, 1.807) is 38.3 Å². The second-order valence-electron chi connectivity index (χ2n) is 10.8. The minimum atomic E-state index is -0.830. The molecular weight excluding hydrogens is 604 g/mol. The minimum Gasteiger partial charge on any atom is -0.504 e. The van der Waals surface area contributed by atoms with Crippen LogP contribution in [-0.2, 0) is 16.1 Å². The molecule has 3 aromatic carbocycles. The van der Waals surface area contributed by atoms with Gasteiger partial charge in [0.25, 0.3) is 5.56 Å². The summed E-state index contributed by atoms with van der Waals surface area (Å²) < 4.78 is 25.0. The second kappa shape index (κ2) is 15.0. The Morgan fingerprint density at radius 2 is 1.80 bits per heavy atom. The molecule has 5 rings (SSSR count). The number of methoxy groups -OCH3 is 1. The van der Waals surface area contributed by atoms with Crippen LogP contribution in [0.1, 0.15) is 62.8 Å². The molecule has 1 N–H and O–H groups in total. The molecule has 0 fully saturated rings. The molecule has 9 nitrogen and oxygen atoms in total. The van der Waals surface area contributed by atoms with E-state index in [1.807, 2.05) is 49.4 Å². The van der Waals surface area contributed by atoms with Gasteiger partial charge >= 0.3 is 5.97 Å². The highest BCUT2D eigenvalue weighted by Gasteiger charge is 2.34. The van der Waals surface area contributed by atoms with E-state index in [2.05, 4.69) is 6.92 Å². The maximum atomic E-state index is 14.1. The Kier molecular flexibility index (Phi) is 10.6. The molecule has 0 radical (unpaired) electrons. The number of aromatic hydroxyl groups is 1. The third-order valence-corrected chi connectivity index (χ3v) is 8.53. The minimum absolute atomic E-state index is 0.0153. The molecule has 2 heterocycles. The number of ether oxygens (including phenoxy) is 4. The number of carbonyl (C=O) groups is 1. The fraction of sp³-hybridized carbons (Fsp3) is 0.306. The number of thiazole rings is 1. The standard InChI is InChI=1S/C36H38N2O7S/c1-5-7-11-18-44-28-17-15-26(21-30(28)42-4)33-32(35(41)45-22-24-12-9-8-10-13-24)23(3)37-36-38(33)34(40)31(46-36)20-25-14-16-27(39)29(19-25)43-6-2/h8-10,12-17,19-21,33,39H,5-7,11,18,22H2,1-4H3/b31-20-. The van der Waals surface area contributed by atoms with E-state index >= 15 is 0 Å². The average molecular weight is 643 g/mol. The average Bonchev–Trinajstić information content (AvgIpc) is 3.37. The molecule has 1 aliphatic heterocycles. The Bertz CT molecular complexity index is 1910. The van der Waals surface area contributed by atoms with Crippen molar-refractivity contribution in [2.75, 3.05) is 20.3 Å².